The molecule has 16 heteroatoms. The summed E-state index contributed by atoms with van der Waals surface area (Å²) in [6.45, 7) is 0.656. The number of aliphatic hydroxyl groups excluding tert-OH is 1. The minimum Gasteiger partial charge on any atom is -0.480 e. The SMILES string of the molecule is COc1ncc(-c2cc(CN3CC(N)C3)c3c(N)ncnn23)cc1C(=O)N[C@@H]1CN(CC(O)C(F)(F)F)C[C@@H]1F. The molecular formula is C24H29F4N9O3. The topological polar surface area (TPSA) is 160 Å². The van der Waals surface area contributed by atoms with Crippen LogP contribution in [0.5, 0.6) is 5.88 Å². The minimum absolute atomic E-state index is 0.00628. The molecule has 0 aromatic carbocycles. The van der Waals surface area contributed by atoms with Gasteiger partial charge in [0.1, 0.15) is 23.6 Å². The van der Waals surface area contributed by atoms with Crippen molar-refractivity contribution in [2.24, 2.45) is 5.73 Å². The number of amides is 1. The van der Waals surface area contributed by atoms with Crippen LogP contribution in [-0.2, 0) is 6.54 Å². The predicted octanol–water partition coefficient (Wildman–Crippen LogP) is 0.200. The van der Waals surface area contributed by atoms with Crippen LogP contribution in [0.1, 0.15) is 15.9 Å². The number of aromatic nitrogens is 4. The van der Waals surface area contributed by atoms with Crippen LogP contribution in [0.4, 0.5) is 23.4 Å². The van der Waals surface area contributed by atoms with Gasteiger partial charge in [-0.2, -0.15) is 18.3 Å². The molecule has 5 rings (SSSR count). The summed E-state index contributed by atoms with van der Waals surface area (Å²) < 4.78 is 59.7. The van der Waals surface area contributed by atoms with E-state index >= 15 is 0 Å². The van der Waals surface area contributed by atoms with E-state index in [1.807, 2.05) is 6.07 Å². The van der Waals surface area contributed by atoms with E-state index in [9.17, 15) is 27.5 Å². The second-order valence-electron chi connectivity index (χ2n) is 10.1. The van der Waals surface area contributed by atoms with Crippen LogP contribution in [0.25, 0.3) is 16.8 Å². The van der Waals surface area contributed by atoms with Crippen molar-refractivity contribution in [3.05, 3.63) is 35.8 Å². The number of nitrogens with two attached hydrogens (primary N) is 2. The molecule has 5 heterocycles. The van der Waals surface area contributed by atoms with Crippen LogP contribution >= 0.6 is 0 Å². The number of rotatable bonds is 8. The highest BCUT2D eigenvalue weighted by molar-refractivity contribution is 5.98. The summed E-state index contributed by atoms with van der Waals surface area (Å²) >= 11 is 0. The third-order valence-electron chi connectivity index (χ3n) is 7.08. The molecule has 0 saturated carbocycles. The van der Waals surface area contributed by atoms with Crippen LogP contribution in [-0.4, -0.2) is 111 Å². The van der Waals surface area contributed by atoms with Crippen LogP contribution in [0.3, 0.4) is 0 Å². The number of nitrogen functional groups attached to an aromatic ring is 1. The van der Waals surface area contributed by atoms with Gasteiger partial charge in [0, 0.05) is 57.1 Å². The molecular weight excluding hydrogens is 538 g/mol. The van der Waals surface area contributed by atoms with E-state index < -0.39 is 36.9 Å². The molecule has 216 valence electrons. The first-order chi connectivity index (χ1) is 18.9. The number of alkyl halides is 4. The Kier molecular flexibility index (Phi) is 7.52. The number of fused-ring (bicyclic) bond motifs is 1. The van der Waals surface area contributed by atoms with E-state index in [4.69, 9.17) is 16.2 Å². The van der Waals surface area contributed by atoms with Crippen LogP contribution in [0, 0.1) is 0 Å². The highest BCUT2D eigenvalue weighted by atomic mass is 19.4. The van der Waals surface area contributed by atoms with Gasteiger partial charge in [-0.15, -0.1) is 0 Å². The Balaban J connectivity index is 1.39. The molecule has 3 atom stereocenters. The molecule has 2 fully saturated rings. The molecule has 0 bridgehead atoms. The van der Waals surface area contributed by atoms with Crippen LogP contribution in [0.15, 0.2) is 24.7 Å². The van der Waals surface area contributed by atoms with Gasteiger partial charge in [0.2, 0.25) is 5.88 Å². The number of carbonyl (C=O) groups excluding carboxylic acids is 1. The number of likely N-dealkylation sites (tertiary alicyclic amines) is 2. The molecule has 0 radical (unpaired) electrons. The molecule has 1 unspecified atom stereocenters. The van der Waals surface area contributed by atoms with Crippen molar-refractivity contribution in [3.63, 3.8) is 0 Å². The third kappa shape index (κ3) is 5.52. The number of ether oxygens (including phenoxy) is 1. The largest absolute Gasteiger partial charge is 0.480 e. The number of methoxy groups -OCH3 is 1. The lowest BCUT2D eigenvalue weighted by Gasteiger charge is -2.36. The van der Waals surface area contributed by atoms with Gasteiger partial charge >= 0.3 is 6.18 Å². The maximum atomic E-state index is 14.7. The van der Waals surface area contributed by atoms with Crippen molar-refractivity contribution in [1.82, 2.24) is 34.7 Å². The lowest BCUT2D eigenvalue weighted by atomic mass is 10.1. The Labute approximate surface area is 225 Å². The van der Waals surface area contributed by atoms with Crippen molar-refractivity contribution in [2.75, 3.05) is 45.6 Å². The third-order valence-corrected chi connectivity index (χ3v) is 7.08. The summed E-state index contributed by atoms with van der Waals surface area (Å²) in [5, 5.41) is 16.2. The van der Waals surface area contributed by atoms with Gasteiger partial charge in [-0.3, -0.25) is 14.6 Å². The number of halogens is 4. The number of aliphatic hydroxyl groups is 1. The van der Waals surface area contributed by atoms with Crippen LogP contribution in [0.2, 0.25) is 0 Å². The summed E-state index contributed by atoms with van der Waals surface area (Å²) in [5.41, 5.74) is 14.6. The molecule has 3 aromatic rings. The fraction of sp³-hybridized carbons (Fsp3) is 0.500. The fourth-order valence-corrected chi connectivity index (χ4v) is 5.09. The number of nitrogens with one attached hydrogen (secondary N) is 1. The van der Waals surface area contributed by atoms with E-state index in [1.54, 1.807) is 4.52 Å². The van der Waals surface area contributed by atoms with E-state index in [0.29, 0.717) is 23.3 Å². The zero-order valence-corrected chi connectivity index (χ0v) is 21.5. The monoisotopic (exact) mass is 567 g/mol. The average molecular weight is 568 g/mol. The fourth-order valence-electron chi connectivity index (χ4n) is 5.09. The molecule has 2 aliphatic heterocycles. The Morgan fingerprint density at radius 2 is 1.98 bits per heavy atom. The zero-order valence-electron chi connectivity index (χ0n) is 21.5. The number of hydrogen-bond donors (Lipinski definition) is 4. The molecule has 2 saturated heterocycles. The summed E-state index contributed by atoms with van der Waals surface area (Å²) in [6, 6.07) is 2.39. The Bertz CT molecular complexity index is 1400. The first-order valence-electron chi connectivity index (χ1n) is 12.5. The number of carbonyl (C=O) groups is 1. The predicted molar refractivity (Wildman–Crippen MR) is 135 cm³/mol. The highest BCUT2D eigenvalue weighted by Gasteiger charge is 2.42. The number of nitrogens with zero attached hydrogens (tertiary/aromatic N) is 6. The first-order valence-corrected chi connectivity index (χ1v) is 12.5. The number of hydrogen-bond acceptors (Lipinski definition) is 10. The molecule has 0 aliphatic carbocycles. The second kappa shape index (κ2) is 10.8. The normalized spacial score (nSPS) is 21.5. The van der Waals surface area contributed by atoms with Crippen molar-refractivity contribution in [2.45, 2.75) is 37.1 Å². The van der Waals surface area contributed by atoms with Gasteiger partial charge in [-0.1, -0.05) is 0 Å². The lowest BCUT2D eigenvalue weighted by molar-refractivity contribution is -0.207. The van der Waals surface area contributed by atoms with Gasteiger partial charge in [0.05, 0.1) is 18.8 Å². The van der Waals surface area contributed by atoms with Gasteiger partial charge in [-0.25, -0.2) is 18.9 Å². The lowest BCUT2D eigenvalue weighted by Crippen LogP contribution is -2.54. The van der Waals surface area contributed by atoms with Gasteiger partial charge in [-0.05, 0) is 17.7 Å². The summed E-state index contributed by atoms with van der Waals surface area (Å²) in [4.78, 5) is 24.8. The van der Waals surface area contributed by atoms with E-state index in [-0.39, 0.29) is 36.4 Å². The maximum Gasteiger partial charge on any atom is 0.415 e. The number of anilines is 1. The van der Waals surface area contributed by atoms with Crippen LogP contribution < -0.4 is 21.5 Å². The molecule has 12 nitrogen and oxygen atoms in total. The maximum absolute atomic E-state index is 14.7. The molecule has 3 aromatic heterocycles. The highest BCUT2D eigenvalue weighted by Crippen LogP contribution is 2.31. The second-order valence-corrected chi connectivity index (χ2v) is 10.1. The standard InChI is InChI=1S/C24H29F4N9O3/c1-40-23-15(22(39)34-17-9-36(8-16(17)25)10-19(38)24(26,27)28)2-12(4-31-23)18-3-13(5-35-6-14(29)7-35)20-21(30)32-11-33-37(18)20/h2-4,11,14,16-17,19,38H,5-10,29H2,1H3,(H,34,39)(H2,30,32,33)/t16-,17+,19?/m0/s1. The van der Waals surface area contributed by atoms with Crippen molar-refractivity contribution in [3.8, 4) is 17.1 Å². The number of pyridine rings is 1. The van der Waals surface area contributed by atoms with E-state index in [1.165, 1.54) is 25.7 Å². The number of β-amino-alcohol motifs (C(OH)–C–C–N with tert-alkyl or cyclic N) is 1. The summed E-state index contributed by atoms with van der Waals surface area (Å²) in [6.07, 6.45) is -6.28. The van der Waals surface area contributed by atoms with Gasteiger partial charge in [0.25, 0.3) is 5.91 Å². The Morgan fingerprint density at radius 3 is 2.65 bits per heavy atom. The molecule has 40 heavy (non-hydrogen) atoms. The smallest absolute Gasteiger partial charge is 0.415 e. The minimum atomic E-state index is -4.83. The zero-order chi connectivity index (χ0) is 28.8. The molecule has 1 amide bonds. The van der Waals surface area contributed by atoms with Crippen molar-refractivity contribution >= 4 is 17.2 Å². The van der Waals surface area contributed by atoms with Gasteiger partial charge < -0.3 is 26.6 Å². The quantitative estimate of drug-likeness (QED) is 0.277. The Hall–Kier alpha value is -3.60. The average Bonchev–Trinajstić information content (AvgIpc) is 3.42. The van der Waals surface area contributed by atoms with E-state index in [2.05, 4.69) is 25.3 Å². The molecule has 0 spiro atoms. The Morgan fingerprint density at radius 1 is 1.23 bits per heavy atom. The first kappa shape index (κ1) is 27.9. The van der Waals surface area contributed by atoms with Gasteiger partial charge in [0.15, 0.2) is 11.9 Å². The molecule has 2 aliphatic rings. The van der Waals surface area contributed by atoms with Crippen molar-refractivity contribution < 1.29 is 32.2 Å². The van der Waals surface area contributed by atoms with E-state index in [0.717, 1.165) is 23.6 Å². The van der Waals surface area contributed by atoms with Crippen molar-refractivity contribution in [1.29, 1.82) is 0 Å². The summed E-state index contributed by atoms with van der Waals surface area (Å²) in [5.74, 6) is -0.471. The molecule has 6 N–H and O–H groups in total. The summed E-state index contributed by atoms with van der Waals surface area (Å²) in [7, 11) is 1.32.